The van der Waals surface area contributed by atoms with Crippen LogP contribution < -0.4 is 14.4 Å². The zero-order valence-electron chi connectivity index (χ0n) is 13.5. The fourth-order valence-electron chi connectivity index (χ4n) is 3.22. The average Bonchev–Trinajstić information content (AvgIpc) is 3.04. The first-order valence-corrected chi connectivity index (χ1v) is 8.20. The number of fused-ring (bicyclic) bond motifs is 1. The highest BCUT2D eigenvalue weighted by Crippen LogP contribution is 2.32. The molecule has 1 fully saturated rings. The number of hydrogen-bond donors (Lipinski definition) is 0. The van der Waals surface area contributed by atoms with E-state index in [0.717, 1.165) is 44.2 Å². The van der Waals surface area contributed by atoms with E-state index in [1.165, 1.54) is 16.8 Å². The summed E-state index contributed by atoms with van der Waals surface area (Å²) in [4.78, 5) is 4.97. The third-order valence-corrected chi connectivity index (χ3v) is 4.61. The highest BCUT2D eigenvalue weighted by atomic mass is 16.7. The van der Waals surface area contributed by atoms with Crippen molar-refractivity contribution in [3.05, 3.63) is 53.6 Å². The molecule has 2 aliphatic heterocycles. The second-order valence-corrected chi connectivity index (χ2v) is 6.29. The van der Waals surface area contributed by atoms with Crippen LogP contribution in [0.2, 0.25) is 0 Å². The van der Waals surface area contributed by atoms with Gasteiger partial charge in [0, 0.05) is 38.4 Å². The molecular weight excluding hydrogens is 288 g/mol. The second-order valence-electron chi connectivity index (χ2n) is 6.29. The summed E-state index contributed by atoms with van der Waals surface area (Å²) in [5.41, 5.74) is 3.94. The van der Waals surface area contributed by atoms with E-state index in [-0.39, 0.29) is 0 Å². The molecule has 0 atom stereocenters. The molecular formula is C19H22N2O2. The van der Waals surface area contributed by atoms with E-state index in [9.17, 15) is 0 Å². The van der Waals surface area contributed by atoms with Gasteiger partial charge in [-0.2, -0.15) is 0 Å². The topological polar surface area (TPSA) is 24.9 Å². The summed E-state index contributed by atoms with van der Waals surface area (Å²) in [6.45, 7) is 7.77. The minimum absolute atomic E-state index is 0.341. The first kappa shape index (κ1) is 14.4. The Morgan fingerprint density at radius 1 is 0.870 bits per heavy atom. The molecule has 0 N–H and O–H groups in total. The monoisotopic (exact) mass is 310 g/mol. The van der Waals surface area contributed by atoms with Gasteiger partial charge in [0.2, 0.25) is 6.79 Å². The van der Waals surface area contributed by atoms with Crippen molar-refractivity contribution in [2.45, 2.75) is 13.5 Å². The minimum atomic E-state index is 0.341. The van der Waals surface area contributed by atoms with E-state index in [1.807, 2.05) is 6.07 Å². The maximum absolute atomic E-state index is 5.46. The van der Waals surface area contributed by atoms with Crippen LogP contribution in [0.5, 0.6) is 11.5 Å². The Labute approximate surface area is 137 Å². The number of hydrogen-bond acceptors (Lipinski definition) is 4. The maximum atomic E-state index is 5.46. The summed E-state index contributed by atoms with van der Waals surface area (Å²) in [6, 6.07) is 15.1. The standard InChI is InChI=1S/C19H22N2O2/c1-15-2-5-17(6-3-15)21-10-8-20(9-11-21)13-16-4-7-18-19(12-16)23-14-22-18/h2-7,12H,8-11,13-14H2,1H3. The molecule has 120 valence electrons. The Balaban J connectivity index is 1.35. The van der Waals surface area contributed by atoms with Gasteiger partial charge in [-0.1, -0.05) is 23.8 Å². The van der Waals surface area contributed by atoms with Gasteiger partial charge in [-0.15, -0.1) is 0 Å². The highest BCUT2D eigenvalue weighted by Gasteiger charge is 2.19. The van der Waals surface area contributed by atoms with Crippen molar-refractivity contribution < 1.29 is 9.47 Å². The Hall–Kier alpha value is -2.20. The van der Waals surface area contributed by atoms with Crippen LogP contribution in [0.15, 0.2) is 42.5 Å². The van der Waals surface area contributed by atoms with Crippen molar-refractivity contribution in [2.75, 3.05) is 37.9 Å². The number of benzene rings is 2. The van der Waals surface area contributed by atoms with Crippen LogP contribution in [0.4, 0.5) is 5.69 Å². The predicted octanol–water partition coefficient (Wildman–Crippen LogP) is 3.05. The Morgan fingerprint density at radius 3 is 2.39 bits per heavy atom. The quantitative estimate of drug-likeness (QED) is 0.870. The lowest BCUT2D eigenvalue weighted by Crippen LogP contribution is -2.45. The normalized spacial score (nSPS) is 17.5. The minimum Gasteiger partial charge on any atom is -0.454 e. The fourth-order valence-corrected chi connectivity index (χ4v) is 3.22. The summed E-state index contributed by atoms with van der Waals surface area (Å²) in [5, 5.41) is 0. The van der Waals surface area contributed by atoms with Crippen LogP contribution in [0.1, 0.15) is 11.1 Å². The number of rotatable bonds is 3. The number of piperazine rings is 1. The van der Waals surface area contributed by atoms with Gasteiger partial charge in [-0.05, 0) is 36.8 Å². The van der Waals surface area contributed by atoms with Crippen LogP contribution in [0, 0.1) is 6.92 Å². The summed E-state index contributed by atoms with van der Waals surface area (Å²) in [6.07, 6.45) is 0. The second kappa shape index (κ2) is 6.13. The molecule has 0 radical (unpaired) electrons. The summed E-state index contributed by atoms with van der Waals surface area (Å²) >= 11 is 0. The van der Waals surface area contributed by atoms with Crippen LogP contribution in [-0.4, -0.2) is 37.9 Å². The van der Waals surface area contributed by atoms with Crippen molar-refractivity contribution in [1.82, 2.24) is 4.90 Å². The Kier molecular flexibility index (Phi) is 3.83. The molecule has 2 aromatic carbocycles. The van der Waals surface area contributed by atoms with Gasteiger partial charge in [0.25, 0.3) is 0 Å². The molecule has 0 aliphatic carbocycles. The third kappa shape index (κ3) is 3.13. The Morgan fingerprint density at radius 2 is 1.61 bits per heavy atom. The van der Waals surface area contributed by atoms with E-state index >= 15 is 0 Å². The maximum Gasteiger partial charge on any atom is 0.231 e. The van der Waals surface area contributed by atoms with Crippen molar-refractivity contribution in [1.29, 1.82) is 0 Å². The number of ether oxygens (including phenoxy) is 2. The smallest absolute Gasteiger partial charge is 0.231 e. The Bertz CT molecular complexity index is 676. The van der Waals surface area contributed by atoms with E-state index in [2.05, 4.69) is 53.1 Å². The van der Waals surface area contributed by atoms with Crippen molar-refractivity contribution in [3.8, 4) is 11.5 Å². The zero-order chi connectivity index (χ0) is 15.6. The van der Waals surface area contributed by atoms with Crippen LogP contribution >= 0.6 is 0 Å². The van der Waals surface area contributed by atoms with Crippen LogP contribution in [0.3, 0.4) is 0 Å². The zero-order valence-corrected chi connectivity index (χ0v) is 13.5. The fraction of sp³-hybridized carbons (Fsp3) is 0.368. The molecule has 2 aliphatic rings. The lowest BCUT2D eigenvalue weighted by Gasteiger charge is -2.36. The van der Waals surface area contributed by atoms with Gasteiger partial charge in [0.05, 0.1) is 0 Å². The first-order valence-electron chi connectivity index (χ1n) is 8.20. The number of anilines is 1. The van der Waals surface area contributed by atoms with E-state index < -0.39 is 0 Å². The molecule has 4 nitrogen and oxygen atoms in total. The predicted molar refractivity (Wildman–Crippen MR) is 91.2 cm³/mol. The molecule has 0 spiro atoms. The highest BCUT2D eigenvalue weighted by molar-refractivity contribution is 5.48. The SMILES string of the molecule is Cc1ccc(N2CCN(Cc3ccc4c(c3)OCO4)CC2)cc1. The van der Waals surface area contributed by atoms with E-state index in [0.29, 0.717) is 6.79 Å². The van der Waals surface area contributed by atoms with Gasteiger partial charge >= 0.3 is 0 Å². The number of nitrogens with zero attached hydrogens (tertiary/aromatic N) is 2. The molecule has 0 aromatic heterocycles. The lowest BCUT2D eigenvalue weighted by atomic mass is 10.1. The van der Waals surface area contributed by atoms with Crippen molar-refractivity contribution in [2.24, 2.45) is 0 Å². The van der Waals surface area contributed by atoms with Crippen LogP contribution in [-0.2, 0) is 6.54 Å². The van der Waals surface area contributed by atoms with E-state index in [1.54, 1.807) is 0 Å². The molecule has 1 saturated heterocycles. The van der Waals surface area contributed by atoms with Gasteiger partial charge in [0.1, 0.15) is 0 Å². The van der Waals surface area contributed by atoms with Crippen molar-refractivity contribution in [3.63, 3.8) is 0 Å². The molecule has 2 heterocycles. The average molecular weight is 310 g/mol. The largest absolute Gasteiger partial charge is 0.454 e. The summed E-state index contributed by atoms with van der Waals surface area (Å²) < 4.78 is 10.8. The van der Waals surface area contributed by atoms with Gasteiger partial charge in [-0.25, -0.2) is 0 Å². The third-order valence-electron chi connectivity index (χ3n) is 4.61. The van der Waals surface area contributed by atoms with Gasteiger partial charge in [-0.3, -0.25) is 4.90 Å². The van der Waals surface area contributed by atoms with E-state index in [4.69, 9.17) is 9.47 Å². The molecule has 0 saturated carbocycles. The lowest BCUT2D eigenvalue weighted by molar-refractivity contribution is 0.174. The molecule has 23 heavy (non-hydrogen) atoms. The molecule has 2 aromatic rings. The first-order chi connectivity index (χ1) is 11.3. The summed E-state index contributed by atoms with van der Waals surface area (Å²) in [5.74, 6) is 1.73. The molecule has 4 heteroatoms. The van der Waals surface area contributed by atoms with Gasteiger partial charge < -0.3 is 14.4 Å². The molecule has 4 rings (SSSR count). The molecule has 0 bridgehead atoms. The molecule has 0 amide bonds. The van der Waals surface area contributed by atoms with Gasteiger partial charge in [0.15, 0.2) is 11.5 Å². The molecule has 0 unspecified atom stereocenters. The summed E-state index contributed by atoms with van der Waals surface area (Å²) in [7, 11) is 0. The van der Waals surface area contributed by atoms with Crippen molar-refractivity contribution >= 4 is 5.69 Å². The number of aryl methyl sites for hydroxylation is 1. The van der Waals surface area contributed by atoms with Crippen LogP contribution in [0.25, 0.3) is 0 Å².